The van der Waals surface area contributed by atoms with E-state index in [2.05, 4.69) is 19.2 Å². The molecule has 5 heteroatoms. The Balaban J connectivity index is 1.86. The van der Waals surface area contributed by atoms with Crippen LogP contribution in [0, 0.1) is 11.8 Å². The fraction of sp³-hybridized carbons (Fsp3) is 0.625. The minimum Gasteiger partial charge on any atom is -0.448 e. The third-order valence-corrected chi connectivity index (χ3v) is 5.26. The van der Waals surface area contributed by atoms with Gasteiger partial charge in [-0.25, -0.2) is 4.79 Å². The number of amides is 1. The molecule has 0 unspecified atom stereocenters. The first-order valence-corrected chi connectivity index (χ1v) is 8.42. The molecule has 1 saturated carbocycles. The lowest BCUT2D eigenvalue weighted by Crippen LogP contribution is -2.47. The fourth-order valence-electron chi connectivity index (χ4n) is 2.75. The molecule has 1 aromatic rings. The van der Waals surface area contributed by atoms with Crippen molar-refractivity contribution < 1.29 is 14.3 Å². The molecule has 1 aliphatic rings. The zero-order chi connectivity index (χ0) is 15.4. The first-order valence-electron chi connectivity index (χ1n) is 7.54. The van der Waals surface area contributed by atoms with E-state index < -0.39 is 12.1 Å². The molecule has 0 radical (unpaired) electrons. The SMILES string of the molecule is C[C@@H]1[C@@H](C)CCC[C@H]1NC(=O)[C@@H](C)OC(=O)c1cccs1. The molecule has 1 N–H and O–H groups in total. The Bertz CT molecular complexity index is 486. The third-order valence-electron chi connectivity index (χ3n) is 4.41. The molecule has 21 heavy (non-hydrogen) atoms. The summed E-state index contributed by atoms with van der Waals surface area (Å²) >= 11 is 1.31. The summed E-state index contributed by atoms with van der Waals surface area (Å²) in [7, 11) is 0. The Kier molecular flexibility index (Phi) is 5.39. The summed E-state index contributed by atoms with van der Waals surface area (Å²) in [5.41, 5.74) is 0. The van der Waals surface area contributed by atoms with E-state index in [1.807, 2.05) is 5.38 Å². The van der Waals surface area contributed by atoms with Crippen LogP contribution in [0.1, 0.15) is 49.7 Å². The quantitative estimate of drug-likeness (QED) is 0.869. The third kappa shape index (κ3) is 4.06. The normalized spacial score (nSPS) is 26.9. The van der Waals surface area contributed by atoms with Crippen LogP contribution in [0.15, 0.2) is 17.5 Å². The second-order valence-corrected chi connectivity index (χ2v) is 6.85. The zero-order valence-electron chi connectivity index (χ0n) is 12.8. The van der Waals surface area contributed by atoms with Gasteiger partial charge in [0.1, 0.15) is 4.88 Å². The molecule has 0 spiro atoms. The maximum atomic E-state index is 12.2. The number of thiophene rings is 1. The molecule has 4 nitrogen and oxygen atoms in total. The van der Waals surface area contributed by atoms with Gasteiger partial charge in [-0.1, -0.05) is 32.8 Å². The molecule has 0 aromatic carbocycles. The Hall–Kier alpha value is -1.36. The van der Waals surface area contributed by atoms with Crippen molar-refractivity contribution in [3.8, 4) is 0 Å². The summed E-state index contributed by atoms with van der Waals surface area (Å²) in [4.78, 5) is 24.5. The predicted molar refractivity (Wildman–Crippen MR) is 83.3 cm³/mol. The van der Waals surface area contributed by atoms with Gasteiger partial charge in [0.15, 0.2) is 6.10 Å². The Labute approximate surface area is 129 Å². The van der Waals surface area contributed by atoms with E-state index >= 15 is 0 Å². The standard InChI is InChI=1S/C16H23NO3S/c1-10-6-4-7-13(11(10)2)17-15(18)12(3)20-16(19)14-8-5-9-21-14/h5,8-13H,4,6-7H2,1-3H3,(H,17,18)/t10-,11+,12+,13+/m0/s1. The van der Waals surface area contributed by atoms with Gasteiger partial charge >= 0.3 is 5.97 Å². The monoisotopic (exact) mass is 309 g/mol. The van der Waals surface area contributed by atoms with E-state index in [0.29, 0.717) is 16.7 Å². The van der Waals surface area contributed by atoms with Gasteiger partial charge in [0.2, 0.25) is 0 Å². The molecule has 1 fully saturated rings. The average molecular weight is 309 g/mol. The van der Waals surface area contributed by atoms with E-state index in [1.165, 1.54) is 17.8 Å². The van der Waals surface area contributed by atoms with E-state index in [1.54, 1.807) is 19.1 Å². The van der Waals surface area contributed by atoms with Crippen LogP contribution in [0.25, 0.3) is 0 Å². The maximum Gasteiger partial charge on any atom is 0.349 e. The molecule has 1 heterocycles. The first kappa shape index (κ1) is 16.0. The number of hydrogen-bond acceptors (Lipinski definition) is 4. The minimum absolute atomic E-state index is 0.184. The summed E-state index contributed by atoms with van der Waals surface area (Å²) in [6, 6.07) is 3.67. The van der Waals surface area contributed by atoms with Crippen LogP contribution in [0.3, 0.4) is 0 Å². The summed E-state index contributed by atoms with van der Waals surface area (Å²) in [5, 5.41) is 4.85. The van der Waals surface area contributed by atoms with Crippen molar-refractivity contribution in [3.63, 3.8) is 0 Å². The highest BCUT2D eigenvalue weighted by Crippen LogP contribution is 2.29. The van der Waals surface area contributed by atoms with Gasteiger partial charge in [-0.05, 0) is 36.6 Å². The van der Waals surface area contributed by atoms with Crippen LogP contribution in [0.4, 0.5) is 0 Å². The van der Waals surface area contributed by atoms with Crippen LogP contribution in [0.5, 0.6) is 0 Å². The van der Waals surface area contributed by atoms with E-state index in [0.717, 1.165) is 12.8 Å². The van der Waals surface area contributed by atoms with Gasteiger partial charge in [0.25, 0.3) is 5.91 Å². The second kappa shape index (κ2) is 7.07. The molecule has 1 amide bonds. The summed E-state index contributed by atoms with van der Waals surface area (Å²) in [6.07, 6.45) is 2.60. The Morgan fingerprint density at radius 3 is 2.81 bits per heavy atom. The number of esters is 1. The van der Waals surface area contributed by atoms with Crippen molar-refractivity contribution in [1.82, 2.24) is 5.32 Å². The topological polar surface area (TPSA) is 55.4 Å². The van der Waals surface area contributed by atoms with Crippen molar-refractivity contribution >= 4 is 23.2 Å². The molecule has 2 rings (SSSR count). The van der Waals surface area contributed by atoms with Crippen molar-refractivity contribution in [2.24, 2.45) is 11.8 Å². The van der Waals surface area contributed by atoms with Crippen LogP contribution < -0.4 is 5.32 Å². The van der Waals surface area contributed by atoms with Crippen molar-refractivity contribution in [3.05, 3.63) is 22.4 Å². The molecule has 1 aromatic heterocycles. The number of hydrogen-bond donors (Lipinski definition) is 1. The number of carbonyl (C=O) groups is 2. The highest BCUT2D eigenvalue weighted by Gasteiger charge is 2.30. The molecule has 0 aliphatic heterocycles. The van der Waals surface area contributed by atoms with E-state index in [-0.39, 0.29) is 11.9 Å². The molecular weight excluding hydrogens is 286 g/mol. The lowest BCUT2D eigenvalue weighted by Gasteiger charge is -2.35. The van der Waals surface area contributed by atoms with Gasteiger partial charge in [0, 0.05) is 6.04 Å². The van der Waals surface area contributed by atoms with Gasteiger partial charge < -0.3 is 10.1 Å². The summed E-state index contributed by atoms with van der Waals surface area (Å²) in [6.45, 7) is 6.03. The second-order valence-electron chi connectivity index (χ2n) is 5.91. The van der Waals surface area contributed by atoms with Crippen LogP contribution in [-0.4, -0.2) is 24.0 Å². The Morgan fingerprint density at radius 1 is 1.38 bits per heavy atom. The Morgan fingerprint density at radius 2 is 2.14 bits per heavy atom. The molecule has 4 atom stereocenters. The predicted octanol–water partition coefficient (Wildman–Crippen LogP) is 3.23. The van der Waals surface area contributed by atoms with Gasteiger partial charge in [-0.2, -0.15) is 0 Å². The molecule has 1 aliphatic carbocycles. The largest absolute Gasteiger partial charge is 0.448 e. The number of nitrogens with one attached hydrogen (secondary N) is 1. The van der Waals surface area contributed by atoms with Crippen molar-refractivity contribution in [2.75, 3.05) is 0 Å². The first-order chi connectivity index (χ1) is 9.99. The summed E-state index contributed by atoms with van der Waals surface area (Å²) in [5.74, 6) is 0.444. The van der Waals surface area contributed by atoms with Crippen LogP contribution in [0.2, 0.25) is 0 Å². The highest BCUT2D eigenvalue weighted by molar-refractivity contribution is 7.11. The zero-order valence-corrected chi connectivity index (χ0v) is 13.6. The molecule has 116 valence electrons. The van der Waals surface area contributed by atoms with Crippen molar-refractivity contribution in [1.29, 1.82) is 0 Å². The van der Waals surface area contributed by atoms with Gasteiger partial charge in [-0.3, -0.25) is 4.79 Å². The van der Waals surface area contributed by atoms with E-state index in [4.69, 9.17) is 4.74 Å². The molecular formula is C16H23NO3S. The highest BCUT2D eigenvalue weighted by atomic mass is 32.1. The smallest absolute Gasteiger partial charge is 0.349 e. The van der Waals surface area contributed by atoms with E-state index in [9.17, 15) is 9.59 Å². The summed E-state index contributed by atoms with van der Waals surface area (Å²) < 4.78 is 5.22. The van der Waals surface area contributed by atoms with Crippen LogP contribution in [-0.2, 0) is 9.53 Å². The van der Waals surface area contributed by atoms with Gasteiger partial charge in [-0.15, -0.1) is 11.3 Å². The number of ether oxygens (including phenoxy) is 1. The minimum atomic E-state index is -0.760. The lowest BCUT2D eigenvalue weighted by molar-refractivity contribution is -0.130. The lowest BCUT2D eigenvalue weighted by atomic mass is 9.78. The fourth-order valence-corrected chi connectivity index (χ4v) is 3.36. The molecule has 0 bridgehead atoms. The molecule has 0 saturated heterocycles. The van der Waals surface area contributed by atoms with Gasteiger partial charge in [0.05, 0.1) is 0 Å². The average Bonchev–Trinajstić information content (AvgIpc) is 2.98. The number of carbonyl (C=O) groups excluding carboxylic acids is 2. The van der Waals surface area contributed by atoms with Crippen molar-refractivity contribution in [2.45, 2.75) is 52.2 Å². The number of rotatable bonds is 4. The van der Waals surface area contributed by atoms with Crippen LogP contribution >= 0.6 is 11.3 Å². The maximum absolute atomic E-state index is 12.2.